The average Bonchev–Trinajstić information content (AvgIpc) is 3.38. The van der Waals surface area contributed by atoms with E-state index in [0.29, 0.717) is 17.1 Å². The zero-order chi connectivity index (χ0) is 19.5. The quantitative estimate of drug-likeness (QED) is 0.570. The van der Waals surface area contributed by atoms with Crippen LogP contribution < -0.4 is 10.1 Å². The van der Waals surface area contributed by atoms with Crippen LogP contribution >= 0.6 is 0 Å². The SMILES string of the molecule is COc1ccc(NC(=O)c2cnn(-c3cccc(C)c3)c2-n2cccc2)cc1. The molecule has 28 heavy (non-hydrogen) atoms. The zero-order valence-electron chi connectivity index (χ0n) is 15.7. The maximum Gasteiger partial charge on any atom is 0.261 e. The lowest BCUT2D eigenvalue weighted by molar-refractivity contribution is 0.102. The first-order valence-corrected chi connectivity index (χ1v) is 8.89. The third kappa shape index (κ3) is 3.40. The third-order valence-corrected chi connectivity index (χ3v) is 4.43. The minimum atomic E-state index is -0.229. The number of amides is 1. The van der Waals surface area contributed by atoms with E-state index in [9.17, 15) is 4.79 Å². The van der Waals surface area contributed by atoms with Gasteiger partial charge in [-0.05, 0) is 61.0 Å². The molecule has 2 aromatic heterocycles. The van der Waals surface area contributed by atoms with Crippen molar-refractivity contribution in [3.05, 3.63) is 90.4 Å². The average molecular weight is 372 g/mol. The van der Waals surface area contributed by atoms with Crippen LogP contribution in [0.2, 0.25) is 0 Å². The van der Waals surface area contributed by atoms with Gasteiger partial charge in [-0.3, -0.25) is 4.79 Å². The molecular formula is C22H20N4O2. The van der Waals surface area contributed by atoms with Gasteiger partial charge in [0.25, 0.3) is 5.91 Å². The van der Waals surface area contributed by atoms with Crippen LogP contribution in [0.3, 0.4) is 0 Å². The fourth-order valence-electron chi connectivity index (χ4n) is 3.05. The number of carbonyl (C=O) groups excluding carboxylic acids is 1. The van der Waals surface area contributed by atoms with Gasteiger partial charge in [-0.2, -0.15) is 5.10 Å². The second-order valence-corrected chi connectivity index (χ2v) is 6.41. The molecule has 0 unspecified atom stereocenters. The summed E-state index contributed by atoms with van der Waals surface area (Å²) in [5.41, 5.74) is 3.18. The first-order valence-electron chi connectivity index (χ1n) is 8.89. The summed E-state index contributed by atoms with van der Waals surface area (Å²) in [6.45, 7) is 2.03. The van der Waals surface area contributed by atoms with Crippen molar-refractivity contribution in [3.8, 4) is 17.3 Å². The van der Waals surface area contributed by atoms with Crippen LogP contribution in [0.1, 0.15) is 15.9 Å². The summed E-state index contributed by atoms with van der Waals surface area (Å²) in [6, 6.07) is 19.1. The highest BCUT2D eigenvalue weighted by molar-refractivity contribution is 6.06. The van der Waals surface area contributed by atoms with E-state index in [1.165, 1.54) is 0 Å². The fraction of sp³-hybridized carbons (Fsp3) is 0.0909. The summed E-state index contributed by atoms with van der Waals surface area (Å²) in [7, 11) is 1.61. The first kappa shape index (κ1) is 17.6. The number of methoxy groups -OCH3 is 1. The molecule has 140 valence electrons. The highest BCUT2D eigenvalue weighted by atomic mass is 16.5. The Morgan fingerprint density at radius 3 is 2.46 bits per heavy atom. The van der Waals surface area contributed by atoms with Gasteiger partial charge < -0.3 is 14.6 Å². The van der Waals surface area contributed by atoms with Crippen molar-refractivity contribution in [2.24, 2.45) is 0 Å². The third-order valence-electron chi connectivity index (χ3n) is 4.43. The molecule has 6 nitrogen and oxygen atoms in total. The molecular weight excluding hydrogens is 352 g/mol. The van der Waals surface area contributed by atoms with Crippen molar-refractivity contribution in [2.45, 2.75) is 6.92 Å². The van der Waals surface area contributed by atoms with Gasteiger partial charge >= 0.3 is 0 Å². The maximum atomic E-state index is 13.0. The molecule has 2 aromatic carbocycles. The van der Waals surface area contributed by atoms with Gasteiger partial charge in [-0.1, -0.05) is 12.1 Å². The predicted molar refractivity (Wildman–Crippen MR) is 109 cm³/mol. The molecule has 0 aliphatic heterocycles. The minimum Gasteiger partial charge on any atom is -0.497 e. The van der Waals surface area contributed by atoms with E-state index in [0.717, 1.165) is 17.0 Å². The molecule has 2 heterocycles. The fourth-order valence-corrected chi connectivity index (χ4v) is 3.05. The molecule has 0 aliphatic carbocycles. The van der Waals surface area contributed by atoms with Gasteiger partial charge in [0, 0.05) is 18.1 Å². The number of rotatable bonds is 5. The molecule has 0 spiro atoms. The second kappa shape index (κ2) is 7.44. The van der Waals surface area contributed by atoms with Crippen molar-refractivity contribution in [1.29, 1.82) is 0 Å². The Kier molecular flexibility index (Phi) is 4.68. The Morgan fingerprint density at radius 2 is 1.79 bits per heavy atom. The van der Waals surface area contributed by atoms with Crippen molar-refractivity contribution in [3.63, 3.8) is 0 Å². The summed E-state index contributed by atoms with van der Waals surface area (Å²) in [5, 5.41) is 7.42. The smallest absolute Gasteiger partial charge is 0.261 e. The molecule has 0 saturated heterocycles. The maximum absolute atomic E-state index is 13.0. The Balaban J connectivity index is 1.73. The Morgan fingerprint density at radius 1 is 1.04 bits per heavy atom. The van der Waals surface area contributed by atoms with E-state index >= 15 is 0 Å². The number of ether oxygens (including phenoxy) is 1. The van der Waals surface area contributed by atoms with Crippen LogP contribution in [-0.2, 0) is 0 Å². The number of benzene rings is 2. The lowest BCUT2D eigenvalue weighted by Crippen LogP contribution is -2.15. The van der Waals surface area contributed by atoms with Crippen molar-refractivity contribution in [1.82, 2.24) is 14.3 Å². The number of carbonyl (C=O) groups is 1. The lowest BCUT2D eigenvalue weighted by Gasteiger charge is -2.12. The Hall–Kier alpha value is -3.80. The lowest BCUT2D eigenvalue weighted by atomic mass is 10.2. The van der Waals surface area contributed by atoms with Crippen LogP contribution in [0, 0.1) is 6.92 Å². The van der Waals surface area contributed by atoms with Gasteiger partial charge in [0.1, 0.15) is 11.3 Å². The molecule has 6 heteroatoms. The molecule has 4 rings (SSSR count). The van der Waals surface area contributed by atoms with Crippen LogP contribution in [0.15, 0.2) is 79.3 Å². The zero-order valence-corrected chi connectivity index (χ0v) is 15.7. The molecule has 0 aliphatic rings. The van der Waals surface area contributed by atoms with Gasteiger partial charge in [-0.25, -0.2) is 4.68 Å². The molecule has 0 atom stereocenters. The van der Waals surface area contributed by atoms with E-state index in [4.69, 9.17) is 4.74 Å². The first-order chi connectivity index (χ1) is 13.7. The number of aryl methyl sites for hydroxylation is 1. The highest BCUT2D eigenvalue weighted by Crippen LogP contribution is 2.22. The molecule has 0 bridgehead atoms. The molecule has 0 fully saturated rings. The summed E-state index contributed by atoms with van der Waals surface area (Å²) in [4.78, 5) is 13.0. The van der Waals surface area contributed by atoms with E-state index in [2.05, 4.69) is 10.4 Å². The number of anilines is 1. The van der Waals surface area contributed by atoms with Gasteiger partial charge in [0.2, 0.25) is 0 Å². The molecule has 1 amide bonds. The van der Waals surface area contributed by atoms with Crippen LogP contribution in [0.5, 0.6) is 5.75 Å². The monoisotopic (exact) mass is 372 g/mol. The van der Waals surface area contributed by atoms with E-state index in [1.807, 2.05) is 60.3 Å². The van der Waals surface area contributed by atoms with E-state index in [1.54, 1.807) is 42.3 Å². The standard InChI is InChI=1S/C22H20N4O2/c1-16-6-5-7-18(14-16)26-22(25-12-3-4-13-25)20(15-23-26)21(27)24-17-8-10-19(28-2)11-9-17/h3-15H,1-2H3,(H,24,27). The van der Waals surface area contributed by atoms with Crippen LogP contribution in [0.4, 0.5) is 5.69 Å². The highest BCUT2D eigenvalue weighted by Gasteiger charge is 2.20. The normalized spacial score (nSPS) is 10.6. The minimum absolute atomic E-state index is 0.229. The largest absolute Gasteiger partial charge is 0.497 e. The topological polar surface area (TPSA) is 61.1 Å². The van der Waals surface area contributed by atoms with Crippen LogP contribution in [0.25, 0.3) is 11.5 Å². The summed E-state index contributed by atoms with van der Waals surface area (Å²) >= 11 is 0. The summed E-state index contributed by atoms with van der Waals surface area (Å²) in [5.74, 6) is 1.19. The van der Waals surface area contributed by atoms with Crippen molar-refractivity contribution < 1.29 is 9.53 Å². The number of hydrogen-bond donors (Lipinski definition) is 1. The van der Waals surface area contributed by atoms with Gasteiger partial charge in [0.15, 0.2) is 5.82 Å². The van der Waals surface area contributed by atoms with Gasteiger partial charge in [-0.15, -0.1) is 0 Å². The Labute approximate surface area is 163 Å². The number of hydrogen-bond acceptors (Lipinski definition) is 3. The number of aromatic nitrogens is 3. The molecule has 0 saturated carbocycles. The number of nitrogens with one attached hydrogen (secondary N) is 1. The summed E-state index contributed by atoms with van der Waals surface area (Å²) < 4.78 is 8.82. The Bertz CT molecular complexity index is 1100. The van der Waals surface area contributed by atoms with Crippen molar-refractivity contribution in [2.75, 3.05) is 12.4 Å². The van der Waals surface area contributed by atoms with Gasteiger partial charge in [0.05, 0.1) is 19.0 Å². The van der Waals surface area contributed by atoms with E-state index < -0.39 is 0 Å². The molecule has 0 radical (unpaired) electrons. The van der Waals surface area contributed by atoms with Crippen molar-refractivity contribution >= 4 is 11.6 Å². The van der Waals surface area contributed by atoms with Crippen LogP contribution in [-0.4, -0.2) is 27.4 Å². The van der Waals surface area contributed by atoms with E-state index in [-0.39, 0.29) is 5.91 Å². The molecule has 1 N–H and O–H groups in total. The molecule has 4 aromatic rings. The summed E-state index contributed by atoms with van der Waals surface area (Å²) in [6.07, 6.45) is 5.39. The second-order valence-electron chi connectivity index (χ2n) is 6.41. The predicted octanol–water partition coefficient (Wildman–Crippen LogP) is 4.23. The number of nitrogens with zero attached hydrogens (tertiary/aromatic N) is 3.